The molecule has 7 heteroatoms. The van der Waals surface area contributed by atoms with Gasteiger partial charge < -0.3 is 10.2 Å². The van der Waals surface area contributed by atoms with E-state index >= 15 is 0 Å². The molecule has 0 aliphatic heterocycles. The number of pyridine rings is 2. The lowest BCUT2D eigenvalue weighted by Gasteiger charge is -2.17. The van der Waals surface area contributed by atoms with Gasteiger partial charge in [-0.2, -0.15) is 0 Å². The van der Waals surface area contributed by atoms with Crippen LogP contribution in [0.4, 0.5) is 5.69 Å². The van der Waals surface area contributed by atoms with Crippen LogP contribution >= 0.6 is 11.6 Å². The average molecular weight is 471 g/mol. The smallest absolute Gasteiger partial charge is 0.257 e. The molecule has 0 unspecified atom stereocenters. The van der Waals surface area contributed by atoms with Crippen LogP contribution in [-0.2, 0) is 6.54 Å². The van der Waals surface area contributed by atoms with E-state index in [1.807, 2.05) is 61.5 Å². The van der Waals surface area contributed by atoms with Gasteiger partial charge in [0.15, 0.2) is 0 Å². The highest BCUT2D eigenvalue weighted by atomic mass is 35.5. The SMILES string of the molecule is Cc1ccc(NC(=O)c2ccc(C(=O)N(C)Cc3ccccn3)cc2Cl)cc1-c1ccccn1. The summed E-state index contributed by atoms with van der Waals surface area (Å²) in [7, 11) is 1.70. The van der Waals surface area contributed by atoms with Crippen LogP contribution in [0.25, 0.3) is 11.3 Å². The second-order valence-electron chi connectivity index (χ2n) is 7.88. The van der Waals surface area contributed by atoms with Crippen LogP contribution in [0.3, 0.4) is 0 Å². The van der Waals surface area contributed by atoms with E-state index < -0.39 is 0 Å². The van der Waals surface area contributed by atoms with Crippen molar-refractivity contribution in [3.05, 3.63) is 113 Å². The largest absolute Gasteiger partial charge is 0.336 e. The quantitative estimate of drug-likeness (QED) is 0.396. The van der Waals surface area contributed by atoms with Crippen molar-refractivity contribution in [2.75, 3.05) is 12.4 Å². The van der Waals surface area contributed by atoms with Crippen LogP contribution in [0.2, 0.25) is 5.02 Å². The van der Waals surface area contributed by atoms with Gasteiger partial charge >= 0.3 is 0 Å². The van der Waals surface area contributed by atoms with Gasteiger partial charge in [0.25, 0.3) is 11.8 Å². The van der Waals surface area contributed by atoms with Gasteiger partial charge in [-0.25, -0.2) is 0 Å². The molecule has 2 aromatic carbocycles. The fraction of sp³-hybridized carbons (Fsp3) is 0.111. The summed E-state index contributed by atoms with van der Waals surface area (Å²) in [6.45, 7) is 2.36. The number of aromatic nitrogens is 2. The molecule has 0 saturated heterocycles. The lowest BCUT2D eigenvalue weighted by molar-refractivity contribution is 0.0783. The highest BCUT2D eigenvalue weighted by molar-refractivity contribution is 6.34. The fourth-order valence-electron chi connectivity index (χ4n) is 3.56. The molecule has 170 valence electrons. The summed E-state index contributed by atoms with van der Waals surface area (Å²) in [5.74, 6) is -0.570. The predicted octanol–water partition coefficient (Wildman–Crippen LogP) is 5.63. The monoisotopic (exact) mass is 470 g/mol. The van der Waals surface area contributed by atoms with Gasteiger partial charge in [-0.15, -0.1) is 0 Å². The third-order valence-corrected chi connectivity index (χ3v) is 5.68. The zero-order valence-corrected chi connectivity index (χ0v) is 19.6. The first-order valence-electron chi connectivity index (χ1n) is 10.7. The molecule has 6 nitrogen and oxygen atoms in total. The summed E-state index contributed by atoms with van der Waals surface area (Å²) >= 11 is 6.40. The van der Waals surface area contributed by atoms with Crippen molar-refractivity contribution in [3.8, 4) is 11.3 Å². The standard InChI is InChI=1S/C27H23ClN4O2/c1-18-9-11-20(16-23(18)25-8-4-6-14-30-25)31-26(33)22-12-10-19(15-24(22)28)27(34)32(2)17-21-7-3-5-13-29-21/h3-16H,17H2,1-2H3,(H,31,33). The van der Waals surface area contributed by atoms with Crippen LogP contribution in [0.15, 0.2) is 85.2 Å². The van der Waals surface area contributed by atoms with E-state index in [9.17, 15) is 9.59 Å². The van der Waals surface area contributed by atoms with Crippen molar-refractivity contribution in [3.63, 3.8) is 0 Å². The van der Waals surface area contributed by atoms with Crippen LogP contribution in [-0.4, -0.2) is 33.7 Å². The zero-order valence-electron chi connectivity index (χ0n) is 18.8. The molecule has 0 aliphatic carbocycles. The lowest BCUT2D eigenvalue weighted by Crippen LogP contribution is -2.26. The minimum Gasteiger partial charge on any atom is -0.336 e. The van der Waals surface area contributed by atoms with Crippen LogP contribution in [0, 0.1) is 6.92 Å². The number of nitrogens with zero attached hydrogens (tertiary/aromatic N) is 3. The van der Waals surface area contributed by atoms with Crippen molar-refractivity contribution in [2.45, 2.75) is 13.5 Å². The van der Waals surface area contributed by atoms with E-state index in [1.165, 1.54) is 6.07 Å². The maximum Gasteiger partial charge on any atom is 0.257 e. The van der Waals surface area contributed by atoms with Gasteiger partial charge in [0.2, 0.25) is 0 Å². The number of hydrogen-bond donors (Lipinski definition) is 1. The molecular formula is C27H23ClN4O2. The highest BCUT2D eigenvalue weighted by Gasteiger charge is 2.17. The second kappa shape index (κ2) is 10.3. The maximum absolute atomic E-state index is 12.9. The highest BCUT2D eigenvalue weighted by Crippen LogP contribution is 2.26. The Morgan fingerprint density at radius 1 is 0.941 bits per heavy atom. The topological polar surface area (TPSA) is 75.2 Å². The molecule has 4 rings (SSSR count). The van der Waals surface area contributed by atoms with Gasteiger partial charge in [-0.3, -0.25) is 19.6 Å². The summed E-state index contributed by atoms with van der Waals surface area (Å²) in [4.78, 5) is 35.9. The van der Waals surface area contributed by atoms with Crippen molar-refractivity contribution >= 4 is 29.1 Å². The molecule has 2 amide bonds. The molecule has 0 bridgehead atoms. The normalized spacial score (nSPS) is 10.6. The molecule has 4 aromatic rings. The molecule has 34 heavy (non-hydrogen) atoms. The van der Waals surface area contributed by atoms with Gasteiger partial charge in [0, 0.05) is 36.3 Å². The molecule has 0 radical (unpaired) electrons. The number of hydrogen-bond acceptors (Lipinski definition) is 4. The number of aryl methyl sites for hydroxylation is 1. The van der Waals surface area contributed by atoms with Gasteiger partial charge in [0.05, 0.1) is 28.5 Å². The van der Waals surface area contributed by atoms with E-state index in [4.69, 9.17) is 11.6 Å². The third kappa shape index (κ3) is 5.30. The Hall–Kier alpha value is -4.03. The minimum absolute atomic E-state index is 0.201. The van der Waals surface area contributed by atoms with Crippen LogP contribution in [0.1, 0.15) is 32.0 Å². The molecule has 0 spiro atoms. The number of amides is 2. The summed E-state index contributed by atoms with van der Waals surface area (Å²) in [6, 6.07) is 21.6. The first-order chi connectivity index (χ1) is 16.4. The van der Waals surface area contributed by atoms with Crippen molar-refractivity contribution in [1.29, 1.82) is 0 Å². The summed E-state index contributed by atoms with van der Waals surface area (Å²) < 4.78 is 0. The molecule has 0 atom stereocenters. The molecule has 0 fully saturated rings. The van der Waals surface area contributed by atoms with E-state index in [2.05, 4.69) is 15.3 Å². The number of anilines is 1. The Balaban J connectivity index is 1.49. The fourth-order valence-corrected chi connectivity index (χ4v) is 3.82. The molecule has 0 aliphatic rings. The second-order valence-corrected chi connectivity index (χ2v) is 8.28. The number of nitrogens with one attached hydrogen (secondary N) is 1. The Morgan fingerprint density at radius 3 is 2.38 bits per heavy atom. The summed E-state index contributed by atoms with van der Waals surface area (Å²) in [5, 5.41) is 3.09. The molecule has 0 saturated carbocycles. The summed E-state index contributed by atoms with van der Waals surface area (Å²) in [5.41, 5.74) is 4.89. The minimum atomic E-state index is -0.360. The first kappa shape index (κ1) is 23.1. The van der Waals surface area contributed by atoms with Gasteiger partial charge in [-0.05, 0) is 67.1 Å². The van der Waals surface area contributed by atoms with Crippen molar-refractivity contribution in [1.82, 2.24) is 14.9 Å². The Bertz CT molecular complexity index is 1330. The Labute approximate surface area is 203 Å². The average Bonchev–Trinajstić information content (AvgIpc) is 2.85. The number of carbonyl (C=O) groups is 2. The number of halogens is 1. The van der Waals surface area contributed by atoms with E-state index in [1.54, 1.807) is 36.5 Å². The predicted molar refractivity (Wildman–Crippen MR) is 134 cm³/mol. The van der Waals surface area contributed by atoms with Gasteiger partial charge in [0.1, 0.15) is 0 Å². The Kier molecular flexibility index (Phi) is 6.99. The third-order valence-electron chi connectivity index (χ3n) is 5.37. The van der Waals surface area contributed by atoms with E-state index in [0.29, 0.717) is 17.8 Å². The lowest BCUT2D eigenvalue weighted by atomic mass is 10.0. The van der Waals surface area contributed by atoms with Crippen molar-refractivity contribution < 1.29 is 9.59 Å². The summed E-state index contributed by atoms with van der Waals surface area (Å²) in [6.07, 6.45) is 3.42. The number of rotatable bonds is 6. The number of carbonyl (C=O) groups excluding carboxylic acids is 2. The Morgan fingerprint density at radius 2 is 1.71 bits per heavy atom. The molecule has 2 heterocycles. The maximum atomic E-state index is 12.9. The number of benzene rings is 2. The van der Waals surface area contributed by atoms with E-state index in [-0.39, 0.29) is 22.4 Å². The van der Waals surface area contributed by atoms with Crippen molar-refractivity contribution in [2.24, 2.45) is 0 Å². The van der Waals surface area contributed by atoms with Gasteiger partial charge in [-0.1, -0.05) is 29.8 Å². The first-order valence-corrected chi connectivity index (χ1v) is 11.1. The van der Waals surface area contributed by atoms with Crippen LogP contribution in [0.5, 0.6) is 0 Å². The molecular weight excluding hydrogens is 448 g/mol. The molecule has 1 N–H and O–H groups in total. The molecule has 2 aromatic heterocycles. The van der Waals surface area contributed by atoms with E-state index in [0.717, 1.165) is 22.5 Å². The van der Waals surface area contributed by atoms with Crippen LogP contribution < -0.4 is 5.32 Å². The zero-order chi connectivity index (χ0) is 24.1.